The van der Waals surface area contributed by atoms with Crippen LogP contribution >= 0.6 is 0 Å². The standard InChI is InChI=1S/C22H37NO2.C2H6/c1-7-8-9-12-19(5)16-22(23-25)21(20(6)24)15-14-18(4)13-10-11-17(2)3;1-2/h11,14,16,20,24H,7-10,12-13,15H2,1-6H3;1-2H3/b18-14+,19-16+,22-21+;. The fraction of sp³-hybridized carbons (Fsp3) is 0.667. The number of unbranched alkanes of at least 4 members (excludes halogenated alkanes) is 2. The van der Waals surface area contributed by atoms with E-state index in [9.17, 15) is 10.0 Å². The van der Waals surface area contributed by atoms with E-state index in [1.54, 1.807) is 6.92 Å². The second-order valence-corrected chi connectivity index (χ2v) is 7.20. The maximum Gasteiger partial charge on any atom is 0.110 e. The number of aliphatic hydroxyl groups is 1. The fourth-order valence-corrected chi connectivity index (χ4v) is 2.60. The molecule has 0 heterocycles. The van der Waals surface area contributed by atoms with Gasteiger partial charge >= 0.3 is 0 Å². The second kappa shape index (κ2) is 17.9. The molecule has 0 bridgehead atoms. The Bertz CT molecular complexity index is 518. The zero-order valence-corrected chi connectivity index (χ0v) is 19.1. The summed E-state index contributed by atoms with van der Waals surface area (Å²) < 4.78 is 0. The molecule has 3 heteroatoms. The Morgan fingerprint density at radius 2 is 1.63 bits per heavy atom. The molecule has 0 rings (SSSR count). The quantitative estimate of drug-likeness (QED) is 0.162. The van der Waals surface area contributed by atoms with Crippen molar-refractivity contribution >= 4 is 0 Å². The Kier molecular flexibility index (Phi) is 18.4. The Morgan fingerprint density at radius 1 is 1.00 bits per heavy atom. The highest BCUT2D eigenvalue weighted by Gasteiger charge is 2.11. The Morgan fingerprint density at radius 3 is 2.11 bits per heavy atom. The van der Waals surface area contributed by atoms with Crippen LogP contribution in [-0.4, -0.2) is 11.2 Å². The molecule has 0 fully saturated rings. The average molecular weight is 378 g/mol. The second-order valence-electron chi connectivity index (χ2n) is 7.20. The van der Waals surface area contributed by atoms with Crippen LogP contribution in [0.15, 0.2) is 51.4 Å². The molecule has 0 aromatic rings. The average Bonchev–Trinajstić information content (AvgIpc) is 2.62. The summed E-state index contributed by atoms with van der Waals surface area (Å²) in [6, 6.07) is 0. The molecule has 0 aromatic carbocycles. The van der Waals surface area contributed by atoms with E-state index in [1.807, 2.05) is 26.8 Å². The molecule has 0 radical (unpaired) electrons. The van der Waals surface area contributed by atoms with Gasteiger partial charge in [0, 0.05) is 0 Å². The summed E-state index contributed by atoms with van der Waals surface area (Å²) >= 11 is 0. The van der Waals surface area contributed by atoms with E-state index in [4.69, 9.17) is 0 Å². The summed E-state index contributed by atoms with van der Waals surface area (Å²) in [5.74, 6) is 0. The molecule has 156 valence electrons. The molecule has 1 unspecified atom stereocenters. The Balaban J connectivity index is 0. The van der Waals surface area contributed by atoms with Gasteiger partial charge < -0.3 is 5.11 Å². The monoisotopic (exact) mass is 377 g/mol. The lowest BCUT2D eigenvalue weighted by Crippen LogP contribution is -2.06. The molecule has 0 aromatic heterocycles. The van der Waals surface area contributed by atoms with Crippen molar-refractivity contribution in [2.45, 2.75) is 106 Å². The fourth-order valence-electron chi connectivity index (χ4n) is 2.60. The summed E-state index contributed by atoms with van der Waals surface area (Å²) in [6.07, 6.45) is 12.5. The Labute approximate surface area is 168 Å². The zero-order valence-electron chi connectivity index (χ0n) is 19.1. The summed E-state index contributed by atoms with van der Waals surface area (Å²) in [7, 11) is 0. The Hall–Kier alpha value is -1.48. The molecule has 0 amide bonds. The van der Waals surface area contributed by atoms with Gasteiger partial charge in [0.1, 0.15) is 5.70 Å². The lowest BCUT2D eigenvalue weighted by Gasteiger charge is -2.11. The van der Waals surface area contributed by atoms with E-state index < -0.39 is 6.10 Å². The van der Waals surface area contributed by atoms with E-state index in [0.29, 0.717) is 17.7 Å². The van der Waals surface area contributed by atoms with Crippen molar-refractivity contribution in [1.29, 1.82) is 0 Å². The first-order valence-corrected chi connectivity index (χ1v) is 10.5. The number of rotatable bonds is 12. The minimum absolute atomic E-state index is 0.386. The predicted octanol–water partition coefficient (Wildman–Crippen LogP) is 8.02. The normalized spacial score (nSPS) is 14.0. The summed E-state index contributed by atoms with van der Waals surface area (Å²) in [5, 5.41) is 13.3. The molecule has 0 aliphatic heterocycles. The lowest BCUT2D eigenvalue weighted by molar-refractivity contribution is 0.228. The number of hydrogen-bond donors (Lipinski definition) is 1. The summed E-state index contributed by atoms with van der Waals surface area (Å²) in [5.41, 5.74) is 4.83. The molecule has 1 N–H and O–H groups in total. The van der Waals surface area contributed by atoms with Gasteiger partial charge in [-0.2, -0.15) is 0 Å². The van der Waals surface area contributed by atoms with Crippen LogP contribution in [0.4, 0.5) is 0 Å². The van der Waals surface area contributed by atoms with Crippen molar-refractivity contribution in [1.82, 2.24) is 0 Å². The number of nitrogens with zero attached hydrogens (tertiary/aromatic N) is 1. The van der Waals surface area contributed by atoms with E-state index in [2.05, 4.69) is 45.0 Å². The zero-order chi connectivity index (χ0) is 21.2. The predicted molar refractivity (Wildman–Crippen MR) is 121 cm³/mol. The van der Waals surface area contributed by atoms with Crippen LogP contribution < -0.4 is 0 Å². The van der Waals surface area contributed by atoms with Crippen molar-refractivity contribution in [2.24, 2.45) is 5.18 Å². The molecule has 0 aliphatic carbocycles. The first-order chi connectivity index (χ1) is 12.8. The van der Waals surface area contributed by atoms with Crippen molar-refractivity contribution in [3.8, 4) is 0 Å². The number of allylic oxidation sites excluding steroid dienone is 6. The van der Waals surface area contributed by atoms with E-state index in [-0.39, 0.29) is 0 Å². The maximum atomic E-state index is 11.3. The van der Waals surface area contributed by atoms with Gasteiger partial charge in [-0.15, -0.1) is 4.91 Å². The van der Waals surface area contributed by atoms with Crippen molar-refractivity contribution in [3.05, 3.63) is 51.1 Å². The molecule has 0 spiro atoms. The molecule has 1 atom stereocenters. The lowest BCUT2D eigenvalue weighted by atomic mass is 9.99. The van der Waals surface area contributed by atoms with Gasteiger partial charge in [-0.3, -0.25) is 0 Å². The molecule has 27 heavy (non-hydrogen) atoms. The third-order valence-corrected chi connectivity index (χ3v) is 4.25. The molecule has 0 aliphatic rings. The van der Waals surface area contributed by atoms with Gasteiger partial charge in [-0.25, -0.2) is 0 Å². The van der Waals surface area contributed by atoms with Gasteiger partial charge in [0.15, 0.2) is 0 Å². The molecule has 3 nitrogen and oxygen atoms in total. The van der Waals surface area contributed by atoms with Crippen LogP contribution in [0, 0.1) is 4.91 Å². The van der Waals surface area contributed by atoms with Gasteiger partial charge in [0.25, 0.3) is 0 Å². The summed E-state index contributed by atoms with van der Waals surface area (Å²) in [6.45, 7) is 16.2. The third-order valence-electron chi connectivity index (χ3n) is 4.25. The molecular weight excluding hydrogens is 334 g/mol. The van der Waals surface area contributed by atoms with E-state index >= 15 is 0 Å². The molecule has 0 saturated carbocycles. The van der Waals surface area contributed by atoms with Gasteiger partial charge in [-0.1, -0.05) is 62.5 Å². The van der Waals surface area contributed by atoms with Crippen molar-refractivity contribution in [3.63, 3.8) is 0 Å². The van der Waals surface area contributed by atoms with Gasteiger partial charge in [-0.05, 0) is 83.5 Å². The number of aliphatic hydroxyl groups excluding tert-OH is 1. The van der Waals surface area contributed by atoms with Gasteiger partial charge in [0.2, 0.25) is 0 Å². The van der Waals surface area contributed by atoms with Crippen LogP contribution in [0.3, 0.4) is 0 Å². The largest absolute Gasteiger partial charge is 0.389 e. The smallest absolute Gasteiger partial charge is 0.110 e. The minimum Gasteiger partial charge on any atom is -0.389 e. The van der Waals surface area contributed by atoms with E-state index in [0.717, 1.165) is 31.3 Å². The van der Waals surface area contributed by atoms with E-state index in [1.165, 1.54) is 24.0 Å². The van der Waals surface area contributed by atoms with Crippen molar-refractivity contribution in [2.75, 3.05) is 0 Å². The van der Waals surface area contributed by atoms with Crippen LogP contribution in [0.5, 0.6) is 0 Å². The first kappa shape index (κ1) is 27.7. The van der Waals surface area contributed by atoms with Crippen LogP contribution in [-0.2, 0) is 0 Å². The highest BCUT2D eigenvalue weighted by atomic mass is 16.3. The summed E-state index contributed by atoms with van der Waals surface area (Å²) in [4.78, 5) is 11.3. The first-order valence-electron chi connectivity index (χ1n) is 10.5. The number of hydrogen-bond acceptors (Lipinski definition) is 3. The topological polar surface area (TPSA) is 49.7 Å². The molecular formula is C24H43NO2. The number of nitroso groups, excluding NO2 is 1. The van der Waals surface area contributed by atoms with Crippen LogP contribution in [0.25, 0.3) is 0 Å². The maximum absolute atomic E-state index is 11.3. The SMILES string of the molecule is CC.CCCCC/C(C)=C/C(N=O)=C(/C/C=C(\C)CCC=C(C)C)C(C)O. The molecule has 0 saturated heterocycles. The van der Waals surface area contributed by atoms with Crippen molar-refractivity contribution < 1.29 is 5.11 Å². The highest BCUT2D eigenvalue weighted by molar-refractivity contribution is 5.31. The highest BCUT2D eigenvalue weighted by Crippen LogP contribution is 2.21. The minimum atomic E-state index is -0.672. The van der Waals surface area contributed by atoms with Gasteiger partial charge in [0.05, 0.1) is 6.10 Å². The third kappa shape index (κ3) is 15.3. The van der Waals surface area contributed by atoms with Crippen LogP contribution in [0.2, 0.25) is 0 Å². The van der Waals surface area contributed by atoms with Crippen LogP contribution in [0.1, 0.15) is 100 Å².